The Bertz CT molecular complexity index is 1470. The van der Waals surface area contributed by atoms with Crippen molar-refractivity contribution in [2.75, 3.05) is 54.8 Å². The van der Waals surface area contributed by atoms with E-state index in [1.165, 1.54) is 0 Å². The largest absolute Gasteiger partial charge is 0.397 e. The van der Waals surface area contributed by atoms with Crippen LogP contribution in [0.15, 0.2) is 76.5 Å². The van der Waals surface area contributed by atoms with Gasteiger partial charge in [0.05, 0.1) is 23.6 Å². The average Bonchev–Trinajstić information content (AvgIpc) is 2.93. The number of anilines is 3. The number of piperazine rings is 1. The van der Waals surface area contributed by atoms with E-state index < -0.39 is 16.1 Å². The number of amides is 3. The van der Waals surface area contributed by atoms with Gasteiger partial charge < -0.3 is 21.7 Å². The van der Waals surface area contributed by atoms with Crippen LogP contribution < -0.4 is 21.7 Å². The lowest BCUT2D eigenvalue weighted by Crippen LogP contribution is -2.44. The zero-order valence-electron chi connectivity index (χ0n) is 21.2. The summed E-state index contributed by atoms with van der Waals surface area (Å²) in [5.74, 6) is 0.491. The van der Waals surface area contributed by atoms with Crippen molar-refractivity contribution >= 4 is 50.8 Å². The molecular weight excluding hydrogens is 536 g/mol. The van der Waals surface area contributed by atoms with Crippen LogP contribution in [-0.4, -0.2) is 68.0 Å². The normalized spacial score (nSPS) is 16.8. The molecule has 0 saturated carbocycles. The molecule has 0 aliphatic carbocycles. The maximum absolute atomic E-state index is 13.5. The number of rotatable bonds is 8. The SMILES string of the molecule is Nc1ccccc1NC(=O)c1ccc(CN2C(=O)Nc3ccc(SCCN4CCNCC4)cc3S2(=O)=O)cc1. The van der Waals surface area contributed by atoms with Gasteiger partial charge in [-0.3, -0.25) is 9.69 Å². The summed E-state index contributed by atoms with van der Waals surface area (Å²) < 4.78 is 27.8. The molecule has 0 radical (unpaired) electrons. The lowest BCUT2D eigenvalue weighted by molar-refractivity contribution is 0.102. The highest BCUT2D eigenvalue weighted by molar-refractivity contribution is 7.99. The van der Waals surface area contributed by atoms with Gasteiger partial charge in [-0.05, 0) is 48.0 Å². The van der Waals surface area contributed by atoms with Gasteiger partial charge >= 0.3 is 6.03 Å². The predicted molar refractivity (Wildman–Crippen MR) is 153 cm³/mol. The third-order valence-corrected chi connectivity index (χ3v) is 9.37. The predicted octanol–water partition coefficient (Wildman–Crippen LogP) is 3.25. The Balaban J connectivity index is 1.26. The summed E-state index contributed by atoms with van der Waals surface area (Å²) in [4.78, 5) is 28.7. The first-order valence-corrected chi connectivity index (χ1v) is 15.0. The molecular formula is C27H30N6O4S2. The third-order valence-electron chi connectivity index (χ3n) is 6.63. The van der Waals surface area contributed by atoms with Gasteiger partial charge in [0.2, 0.25) is 0 Å². The number of urea groups is 1. The van der Waals surface area contributed by atoms with E-state index in [0.717, 1.165) is 47.7 Å². The summed E-state index contributed by atoms with van der Waals surface area (Å²) in [7, 11) is -4.07. The number of benzene rings is 3. The van der Waals surface area contributed by atoms with E-state index in [9.17, 15) is 18.0 Å². The molecule has 0 aromatic heterocycles. The second-order valence-electron chi connectivity index (χ2n) is 9.28. The van der Waals surface area contributed by atoms with Crippen molar-refractivity contribution in [1.82, 2.24) is 14.5 Å². The number of carbonyl (C=O) groups is 2. The number of thioether (sulfide) groups is 1. The van der Waals surface area contributed by atoms with Crippen LogP contribution in [-0.2, 0) is 16.6 Å². The number of hydrogen-bond donors (Lipinski definition) is 4. The maximum Gasteiger partial charge on any atom is 0.336 e. The summed E-state index contributed by atoms with van der Waals surface area (Å²) in [5.41, 5.74) is 8.06. The summed E-state index contributed by atoms with van der Waals surface area (Å²) in [6.07, 6.45) is 0. The lowest BCUT2D eigenvalue weighted by Gasteiger charge is -2.29. The minimum Gasteiger partial charge on any atom is -0.397 e. The Morgan fingerprint density at radius 1 is 1.03 bits per heavy atom. The molecule has 0 spiro atoms. The van der Waals surface area contributed by atoms with Gasteiger partial charge in [0.1, 0.15) is 4.90 Å². The van der Waals surface area contributed by atoms with Crippen molar-refractivity contribution < 1.29 is 18.0 Å². The molecule has 39 heavy (non-hydrogen) atoms. The first kappa shape index (κ1) is 27.0. The van der Waals surface area contributed by atoms with Crippen LogP contribution in [0.3, 0.4) is 0 Å². The fraction of sp³-hybridized carbons (Fsp3) is 0.259. The van der Waals surface area contributed by atoms with Crippen LogP contribution in [0.2, 0.25) is 0 Å². The van der Waals surface area contributed by atoms with Gasteiger partial charge in [0.15, 0.2) is 0 Å². The molecule has 2 aliphatic rings. The third kappa shape index (κ3) is 6.19. The van der Waals surface area contributed by atoms with E-state index in [2.05, 4.69) is 20.9 Å². The van der Waals surface area contributed by atoms with Gasteiger partial charge in [-0.2, -0.15) is 0 Å². The summed E-state index contributed by atoms with van der Waals surface area (Å²) in [5, 5.41) is 8.78. The highest BCUT2D eigenvalue weighted by Gasteiger charge is 2.37. The van der Waals surface area contributed by atoms with Crippen molar-refractivity contribution in [2.24, 2.45) is 0 Å². The topological polar surface area (TPSA) is 137 Å². The second-order valence-corrected chi connectivity index (χ2v) is 12.3. The fourth-order valence-electron chi connectivity index (χ4n) is 4.43. The number of fused-ring (bicyclic) bond motifs is 1. The van der Waals surface area contributed by atoms with Crippen molar-refractivity contribution in [1.29, 1.82) is 0 Å². The van der Waals surface area contributed by atoms with E-state index in [1.54, 1.807) is 72.4 Å². The second kappa shape index (κ2) is 11.7. The van der Waals surface area contributed by atoms with Crippen LogP contribution in [0.4, 0.5) is 21.9 Å². The van der Waals surface area contributed by atoms with E-state index >= 15 is 0 Å². The zero-order valence-corrected chi connectivity index (χ0v) is 22.9. The van der Waals surface area contributed by atoms with Crippen LogP contribution in [0.5, 0.6) is 0 Å². The number of nitrogens with one attached hydrogen (secondary N) is 3. The molecule has 10 nitrogen and oxygen atoms in total. The molecule has 2 aliphatic heterocycles. The smallest absolute Gasteiger partial charge is 0.336 e. The van der Waals surface area contributed by atoms with Crippen molar-refractivity contribution in [3.8, 4) is 0 Å². The van der Waals surface area contributed by atoms with Crippen LogP contribution in [0, 0.1) is 0 Å². The monoisotopic (exact) mass is 566 g/mol. The minimum atomic E-state index is -4.07. The van der Waals surface area contributed by atoms with E-state index in [-0.39, 0.29) is 23.0 Å². The number of nitrogens with zero attached hydrogens (tertiary/aromatic N) is 2. The molecule has 5 N–H and O–H groups in total. The van der Waals surface area contributed by atoms with Gasteiger partial charge in [-0.25, -0.2) is 17.5 Å². The van der Waals surface area contributed by atoms with Gasteiger partial charge in [0.25, 0.3) is 15.9 Å². The molecule has 5 rings (SSSR count). The summed E-state index contributed by atoms with van der Waals surface area (Å²) in [6, 6.07) is 17.7. The van der Waals surface area contributed by atoms with Gasteiger partial charge in [-0.15, -0.1) is 11.8 Å². The Morgan fingerprint density at radius 2 is 1.77 bits per heavy atom. The molecule has 204 valence electrons. The molecule has 0 bridgehead atoms. The molecule has 1 saturated heterocycles. The lowest BCUT2D eigenvalue weighted by atomic mass is 10.1. The van der Waals surface area contributed by atoms with Crippen molar-refractivity contribution in [3.05, 3.63) is 77.9 Å². The number of nitrogens with two attached hydrogens (primary N) is 1. The van der Waals surface area contributed by atoms with Crippen molar-refractivity contribution in [3.63, 3.8) is 0 Å². The highest BCUT2D eigenvalue weighted by atomic mass is 32.2. The molecule has 3 aromatic rings. The van der Waals surface area contributed by atoms with E-state index in [0.29, 0.717) is 22.5 Å². The number of nitrogen functional groups attached to an aromatic ring is 1. The first-order chi connectivity index (χ1) is 18.8. The number of para-hydroxylation sites is 2. The van der Waals surface area contributed by atoms with E-state index in [4.69, 9.17) is 5.73 Å². The standard InChI is InChI=1S/C27H30N6O4S2/c28-22-3-1-2-4-23(22)30-26(34)20-7-5-19(6-8-20)18-33-27(35)31-24-10-9-21(17-25(24)39(33,36)37)38-16-15-32-13-11-29-12-14-32/h1-10,17,29H,11-16,18,28H2,(H,30,34)(H,31,35). The quantitative estimate of drug-likeness (QED) is 0.241. The van der Waals surface area contributed by atoms with Gasteiger partial charge in [-0.1, -0.05) is 24.3 Å². The van der Waals surface area contributed by atoms with E-state index in [1.807, 2.05) is 6.07 Å². The number of hydrogen-bond acceptors (Lipinski definition) is 8. The maximum atomic E-state index is 13.5. The van der Waals surface area contributed by atoms with Crippen molar-refractivity contribution in [2.45, 2.75) is 16.3 Å². The first-order valence-electron chi connectivity index (χ1n) is 12.6. The number of carbonyl (C=O) groups excluding carboxylic acids is 2. The molecule has 2 heterocycles. The van der Waals surface area contributed by atoms with Crippen LogP contribution in [0.25, 0.3) is 0 Å². The van der Waals surface area contributed by atoms with Crippen LogP contribution in [0.1, 0.15) is 15.9 Å². The number of sulfonamides is 1. The molecule has 0 unspecified atom stereocenters. The fourth-order valence-corrected chi connectivity index (χ4v) is 6.95. The highest BCUT2D eigenvalue weighted by Crippen LogP contribution is 2.34. The molecule has 12 heteroatoms. The molecule has 0 atom stereocenters. The summed E-state index contributed by atoms with van der Waals surface area (Å²) in [6.45, 7) is 4.74. The minimum absolute atomic E-state index is 0.0747. The Hall–Kier alpha value is -3.58. The van der Waals surface area contributed by atoms with Gasteiger partial charge in [0, 0.05) is 48.9 Å². The Labute approximate surface area is 232 Å². The van der Waals surface area contributed by atoms with Crippen LogP contribution >= 0.6 is 11.8 Å². The average molecular weight is 567 g/mol. The molecule has 3 aromatic carbocycles. The zero-order chi connectivity index (χ0) is 27.4. The molecule has 3 amide bonds. The molecule has 1 fully saturated rings. The Morgan fingerprint density at radius 3 is 2.51 bits per heavy atom. The summed E-state index contributed by atoms with van der Waals surface area (Å²) >= 11 is 1.60. The Kier molecular flexibility index (Phi) is 8.07.